The van der Waals surface area contributed by atoms with Gasteiger partial charge < -0.3 is 14.6 Å². The predicted molar refractivity (Wildman–Crippen MR) is 103 cm³/mol. The van der Waals surface area contributed by atoms with Gasteiger partial charge in [0.1, 0.15) is 5.78 Å². The highest BCUT2D eigenvalue weighted by Crippen LogP contribution is 2.66. The molecule has 3 saturated carbocycles. The van der Waals surface area contributed by atoms with Gasteiger partial charge in [-0.25, -0.2) is 0 Å². The molecule has 4 fully saturated rings. The average Bonchev–Trinajstić information content (AvgIpc) is 3.26. The number of azide groups is 1. The van der Waals surface area contributed by atoms with E-state index in [9.17, 15) is 9.90 Å². The molecule has 1 heterocycles. The first kappa shape index (κ1) is 20.1. The van der Waals surface area contributed by atoms with Crippen molar-refractivity contribution in [3.8, 4) is 0 Å². The van der Waals surface area contributed by atoms with Crippen LogP contribution in [0, 0.1) is 28.6 Å². The lowest BCUT2D eigenvalue weighted by molar-refractivity contribution is -0.242. The number of aliphatic hydroxyl groups is 1. The second-order valence-electron chi connectivity index (χ2n) is 9.80. The molecule has 156 valence electrons. The van der Waals surface area contributed by atoms with Gasteiger partial charge in [0.2, 0.25) is 0 Å². The van der Waals surface area contributed by atoms with Crippen LogP contribution in [0.15, 0.2) is 5.11 Å². The van der Waals surface area contributed by atoms with Crippen molar-refractivity contribution in [3.05, 3.63) is 10.4 Å². The number of ether oxygens (including phenoxy) is 2. The fraction of sp³-hybridized carbons (Fsp3) is 0.952. The van der Waals surface area contributed by atoms with Crippen molar-refractivity contribution < 1.29 is 19.4 Å². The number of aliphatic hydroxyl groups excluding tert-OH is 1. The van der Waals surface area contributed by atoms with Gasteiger partial charge in [0.15, 0.2) is 5.79 Å². The lowest BCUT2D eigenvalue weighted by Gasteiger charge is -2.55. The predicted octanol–water partition coefficient (Wildman–Crippen LogP) is 3.99. The molecule has 0 aromatic rings. The molecule has 6 atom stereocenters. The Morgan fingerprint density at radius 2 is 1.86 bits per heavy atom. The summed E-state index contributed by atoms with van der Waals surface area (Å²) >= 11 is 0. The second kappa shape index (κ2) is 7.28. The minimum Gasteiger partial charge on any atom is -0.393 e. The van der Waals surface area contributed by atoms with E-state index in [-0.39, 0.29) is 23.5 Å². The van der Waals surface area contributed by atoms with Gasteiger partial charge in [-0.05, 0) is 61.8 Å². The number of ketones is 1. The van der Waals surface area contributed by atoms with Crippen LogP contribution in [0.4, 0.5) is 0 Å². The summed E-state index contributed by atoms with van der Waals surface area (Å²) < 4.78 is 12.4. The second-order valence-corrected chi connectivity index (χ2v) is 9.80. The summed E-state index contributed by atoms with van der Waals surface area (Å²) in [6.07, 6.45) is 5.91. The number of hydrogen-bond acceptors (Lipinski definition) is 5. The van der Waals surface area contributed by atoms with E-state index < -0.39 is 17.3 Å². The average molecular weight is 392 g/mol. The zero-order valence-corrected chi connectivity index (χ0v) is 17.1. The molecule has 7 heteroatoms. The van der Waals surface area contributed by atoms with Crippen LogP contribution in [0.3, 0.4) is 0 Å². The Balaban J connectivity index is 1.65. The van der Waals surface area contributed by atoms with Crippen molar-refractivity contribution in [2.75, 3.05) is 19.8 Å². The summed E-state index contributed by atoms with van der Waals surface area (Å²) in [4.78, 5) is 16.0. The monoisotopic (exact) mass is 391 g/mol. The van der Waals surface area contributed by atoms with Crippen LogP contribution in [0.25, 0.3) is 10.4 Å². The molecule has 0 radical (unpaired) electrons. The minimum atomic E-state index is -0.494. The fourth-order valence-electron chi connectivity index (χ4n) is 7.17. The highest BCUT2D eigenvalue weighted by atomic mass is 16.7. The first-order valence-electron chi connectivity index (χ1n) is 10.9. The van der Waals surface area contributed by atoms with Crippen molar-refractivity contribution in [3.63, 3.8) is 0 Å². The number of nitrogens with zero attached hydrogens (tertiary/aromatic N) is 3. The Labute approximate surface area is 166 Å². The van der Waals surface area contributed by atoms with E-state index in [2.05, 4.69) is 23.9 Å². The third kappa shape index (κ3) is 2.90. The van der Waals surface area contributed by atoms with Crippen LogP contribution in [-0.2, 0) is 14.3 Å². The Bertz CT molecular complexity index is 673. The lowest BCUT2D eigenvalue weighted by Crippen LogP contribution is -2.55. The third-order valence-corrected chi connectivity index (χ3v) is 8.73. The zero-order valence-electron chi connectivity index (χ0n) is 17.1. The van der Waals surface area contributed by atoms with Crippen molar-refractivity contribution in [2.45, 2.75) is 77.1 Å². The van der Waals surface area contributed by atoms with Crippen LogP contribution in [0.5, 0.6) is 0 Å². The van der Waals surface area contributed by atoms with Gasteiger partial charge in [0.05, 0.1) is 19.3 Å². The number of Topliss-reactive ketones (excluding diaryl/α,β-unsaturated/α-hetero) is 1. The van der Waals surface area contributed by atoms with Crippen molar-refractivity contribution in [1.29, 1.82) is 0 Å². The van der Waals surface area contributed by atoms with Gasteiger partial charge in [-0.15, -0.1) is 0 Å². The lowest BCUT2D eigenvalue weighted by atomic mass is 9.50. The molecule has 2 unspecified atom stereocenters. The molecule has 7 nitrogen and oxygen atoms in total. The van der Waals surface area contributed by atoms with Crippen LogP contribution in [-0.4, -0.2) is 42.5 Å². The van der Waals surface area contributed by atoms with E-state index in [0.29, 0.717) is 38.0 Å². The van der Waals surface area contributed by atoms with Crippen LogP contribution in [0.2, 0.25) is 0 Å². The summed E-state index contributed by atoms with van der Waals surface area (Å²) in [7, 11) is 0. The molecule has 0 amide bonds. The summed E-state index contributed by atoms with van der Waals surface area (Å²) in [5.41, 5.74) is 8.32. The first-order chi connectivity index (χ1) is 13.4. The Hall–Kier alpha value is -1.14. The van der Waals surface area contributed by atoms with Crippen molar-refractivity contribution >= 4 is 5.78 Å². The van der Waals surface area contributed by atoms with E-state index in [1.54, 1.807) is 0 Å². The molecule has 0 bridgehead atoms. The summed E-state index contributed by atoms with van der Waals surface area (Å²) in [5.74, 6) is 0.689. The zero-order chi connectivity index (χ0) is 20.0. The molecule has 0 aromatic heterocycles. The molecule has 1 N–H and O–H groups in total. The van der Waals surface area contributed by atoms with Crippen molar-refractivity contribution in [2.24, 2.45) is 33.7 Å². The van der Waals surface area contributed by atoms with E-state index in [1.807, 2.05) is 0 Å². The maximum absolute atomic E-state index is 13.0. The number of rotatable bonds is 4. The van der Waals surface area contributed by atoms with Crippen LogP contribution < -0.4 is 0 Å². The molecule has 4 rings (SSSR count). The molecule has 1 aliphatic heterocycles. The standard InChI is InChI=1S/C21H33N3O4/c1-19(7-3-14(25)13-18(19)26)16-4-8-20(2)17(15(16)6-10-23-24-22)5-9-21(20)27-11-12-28-21/h14-17,25H,3-13H2,1-2H3/t14-,15+,16?,17?,19+,20-/m0/s1. The number of hydrogen-bond donors (Lipinski definition) is 1. The highest BCUT2D eigenvalue weighted by Gasteiger charge is 2.66. The number of carbonyl (C=O) groups is 1. The van der Waals surface area contributed by atoms with Gasteiger partial charge >= 0.3 is 0 Å². The summed E-state index contributed by atoms with van der Waals surface area (Å²) in [5, 5.41) is 13.8. The molecule has 28 heavy (non-hydrogen) atoms. The van der Waals surface area contributed by atoms with Crippen LogP contribution in [0.1, 0.15) is 65.2 Å². The van der Waals surface area contributed by atoms with Gasteiger partial charge in [-0.1, -0.05) is 19.0 Å². The van der Waals surface area contributed by atoms with Gasteiger partial charge in [-0.2, -0.15) is 0 Å². The molecule has 4 aliphatic rings. The van der Waals surface area contributed by atoms with Crippen molar-refractivity contribution in [1.82, 2.24) is 0 Å². The number of fused-ring (bicyclic) bond motifs is 2. The number of carbonyl (C=O) groups excluding carboxylic acids is 1. The first-order valence-corrected chi connectivity index (χ1v) is 10.9. The van der Waals surface area contributed by atoms with Gasteiger partial charge in [0.25, 0.3) is 0 Å². The Morgan fingerprint density at radius 1 is 1.14 bits per heavy atom. The van der Waals surface area contributed by atoms with Gasteiger partial charge in [-0.3, -0.25) is 4.79 Å². The molecular weight excluding hydrogens is 358 g/mol. The maximum Gasteiger partial charge on any atom is 0.174 e. The maximum atomic E-state index is 13.0. The molecule has 0 aromatic carbocycles. The SMILES string of the molecule is C[C@]1(C2CC[C@@]3(C)C(CCC34OCCO4)[C@@H]2CCN=[N+]=[N-])CC[C@H](O)CC1=O. The Kier molecular flexibility index (Phi) is 5.24. The van der Waals surface area contributed by atoms with E-state index in [0.717, 1.165) is 38.5 Å². The summed E-state index contributed by atoms with van der Waals surface area (Å²) in [6, 6.07) is 0. The molecule has 3 aliphatic carbocycles. The smallest absolute Gasteiger partial charge is 0.174 e. The van der Waals surface area contributed by atoms with E-state index >= 15 is 0 Å². The molecule has 1 saturated heterocycles. The summed E-state index contributed by atoms with van der Waals surface area (Å²) in [6.45, 7) is 6.20. The molecular formula is C21H33N3O4. The highest BCUT2D eigenvalue weighted by molar-refractivity contribution is 5.86. The Morgan fingerprint density at radius 3 is 2.54 bits per heavy atom. The largest absolute Gasteiger partial charge is 0.393 e. The quantitative estimate of drug-likeness (QED) is 0.444. The fourth-order valence-corrected chi connectivity index (χ4v) is 7.17. The molecule has 1 spiro atoms. The van der Waals surface area contributed by atoms with E-state index in [1.165, 1.54) is 0 Å². The van der Waals surface area contributed by atoms with Crippen LogP contribution >= 0.6 is 0 Å². The van der Waals surface area contributed by atoms with Gasteiger partial charge in [0, 0.05) is 35.1 Å². The topological polar surface area (TPSA) is 105 Å². The van der Waals surface area contributed by atoms with E-state index in [4.69, 9.17) is 15.0 Å². The normalized spacial score (nSPS) is 45.0. The minimum absolute atomic E-state index is 0.0609. The third-order valence-electron chi connectivity index (χ3n) is 8.73.